The van der Waals surface area contributed by atoms with Crippen molar-refractivity contribution in [2.75, 3.05) is 0 Å². The van der Waals surface area contributed by atoms with Gasteiger partial charge in [-0.05, 0) is 26.8 Å². The molecule has 0 radical (unpaired) electrons. The molecule has 0 aromatic carbocycles. The van der Waals surface area contributed by atoms with Crippen molar-refractivity contribution in [1.82, 2.24) is 0 Å². The van der Waals surface area contributed by atoms with Gasteiger partial charge in [0.1, 0.15) is 6.29 Å². The third-order valence-electron chi connectivity index (χ3n) is 0.989. The third-order valence-corrected chi connectivity index (χ3v) is 0.989. The third kappa shape index (κ3) is 44.0. The number of hydrogen-bond acceptors (Lipinski definition) is 1. The van der Waals surface area contributed by atoms with E-state index in [1.54, 1.807) is 13.0 Å². The maximum Gasteiger partial charge on any atom is 0.142 e. The summed E-state index contributed by atoms with van der Waals surface area (Å²) in [5, 5.41) is 0. The van der Waals surface area contributed by atoms with Crippen LogP contribution in [-0.4, -0.2) is 6.29 Å². The van der Waals surface area contributed by atoms with Crippen LogP contribution in [0.15, 0.2) is 48.6 Å². The minimum atomic E-state index is 0. The zero-order valence-corrected chi connectivity index (χ0v) is 11.8. The zero-order valence-electron chi connectivity index (χ0n) is 9.67. The minimum Gasteiger partial charge on any atom is -0.299 e. The number of carbonyl (C=O) groups excluding carboxylic acids is 1. The van der Waals surface area contributed by atoms with E-state index in [-0.39, 0.29) is 113 Å². The predicted octanol–water partition coefficient (Wildman–Crippen LogP) is 3.46. The molecule has 0 aliphatic carbocycles. The molecule has 0 spiro atoms. The topological polar surface area (TPSA) is 17.1 Å². The van der Waals surface area contributed by atoms with Gasteiger partial charge in [-0.25, -0.2) is 0 Å². The summed E-state index contributed by atoms with van der Waals surface area (Å²) in [6.45, 7) is 5.80. The van der Waals surface area contributed by atoms with Gasteiger partial charge in [-0.3, -0.25) is 4.79 Å². The Bertz CT molecular complexity index is 192. The molecule has 0 saturated carbocycles. The van der Waals surface area contributed by atoms with Crippen molar-refractivity contribution >= 4 is 6.29 Å². The zero-order chi connectivity index (χ0) is 10.4. The molecule has 0 unspecified atom stereocenters. The van der Waals surface area contributed by atoms with Crippen LogP contribution in [0.2, 0.25) is 0 Å². The van der Waals surface area contributed by atoms with Crippen LogP contribution in [0.1, 0.15) is 20.8 Å². The predicted molar refractivity (Wildman–Crippen MR) is 59.6 cm³/mol. The number of allylic oxidation sites excluding steroid dienone is 8. The quantitative estimate of drug-likeness (QED) is 0.443. The van der Waals surface area contributed by atoms with Crippen molar-refractivity contribution in [1.29, 1.82) is 0 Å². The van der Waals surface area contributed by atoms with Crippen LogP contribution in [0, 0.1) is 113 Å². The van der Waals surface area contributed by atoms with E-state index in [0.717, 1.165) is 6.29 Å². The Morgan fingerprint density at radius 2 is 0.875 bits per heavy atom. The molecule has 0 atom stereocenters. The minimum absolute atomic E-state index is 0. The molecule has 0 rings (SSSR count). The van der Waals surface area contributed by atoms with Crippen molar-refractivity contribution in [2.45, 2.75) is 20.8 Å². The fourth-order valence-electron chi connectivity index (χ4n) is 0.429. The Kier molecular flexibility index (Phi) is 69.8. The van der Waals surface area contributed by atoms with E-state index in [2.05, 4.69) is 0 Å². The summed E-state index contributed by atoms with van der Waals surface area (Å²) in [7, 11) is 0. The van der Waals surface area contributed by atoms with Crippen LogP contribution in [0.5, 0.6) is 0 Å². The molecule has 0 amide bonds. The molecule has 0 aliphatic heterocycles. The molecule has 0 heterocycles. The monoisotopic (exact) mass is 298 g/mol. The average Bonchev–Trinajstić information content (AvgIpc) is 2.15. The number of carbonyl (C=O) groups is 1. The SMILES string of the molecule is C/C=C\C=O.C\C=C/C=C/C=C\C.[Ar].[Ar].[Ar]. The van der Waals surface area contributed by atoms with Crippen LogP contribution in [0.3, 0.4) is 0 Å². The Morgan fingerprint density at radius 3 is 1.00 bits per heavy atom. The largest absolute Gasteiger partial charge is 0.299 e. The summed E-state index contributed by atoms with van der Waals surface area (Å²) in [6.07, 6.45) is 15.9. The summed E-state index contributed by atoms with van der Waals surface area (Å²) in [6, 6.07) is 0. The van der Waals surface area contributed by atoms with E-state index in [0.29, 0.717) is 0 Å². The van der Waals surface area contributed by atoms with Crippen LogP contribution in [0.25, 0.3) is 0 Å². The van der Waals surface area contributed by atoms with Crippen molar-refractivity contribution in [3.63, 3.8) is 0 Å². The van der Waals surface area contributed by atoms with E-state index in [9.17, 15) is 4.79 Å². The Morgan fingerprint density at radius 1 is 0.562 bits per heavy atom. The van der Waals surface area contributed by atoms with E-state index in [1.807, 2.05) is 50.3 Å². The molecule has 4 heteroatoms. The Labute approximate surface area is 190 Å². The number of hydrogen-bond donors (Lipinski definition) is 0. The van der Waals surface area contributed by atoms with Crippen LogP contribution >= 0.6 is 0 Å². The van der Waals surface area contributed by atoms with Gasteiger partial charge in [0.25, 0.3) is 0 Å². The van der Waals surface area contributed by atoms with Crippen molar-refractivity contribution in [3.8, 4) is 0 Å². The van der Waals surface area contributed by atoms with Gasteiger partial charge >= 0.3 is 0 Å². The first-order valence-electron chi connectivity index (χ1n) is 4.30. The maximum atomic E-state index is 9.32. The number of aldehydes is 1. The van der Waals surface area contributed by atoms with E-state index in [1.165, 1.54) is 6.08 Å². The summed E-state index contributed by atoms with van der Waals surface area (Å²) in [5.41, 5.74) is 0. The van der Waals surface area contributed by atoms with E-state index < -0.39 is 0 Å². The summed E-state index contributed by atoms with van der Waals surface area (Å²) < 4.78 is 0. The van der Waals surface area contributed by atoms with Crippen molar-refractivity contribution in [2.24, 2.45) is 0 Å². The van der Waals surface area contributed by atoms with Gasteiger partial charge < -0.3 is 0 Å². The fraction of sp³-hybridized carbons (Fsp3) is 0.250. The van der Waals surface area contributed by atoms with Gasteiger partial charge in [0.05, 0.1) is 0 Å². The first-order chi connectivity index (χ1) is 6.33. The molecule has 0 saturated heterocycles. The molecule has 0 aromatic heterocycles. The molecule has 0 aromatic rings. The van der Waals surface area contributed by atoms with Gasteiger partial charge in [0.2, 0.25) is 0 Å². The van der Waals surface area contributed by atoms with Gasteiger partial charge in [0, 0.05) is 113 Å². The van der Waals surface area contributed by atoms with Crippen LogP contribution < -0.4 is 0 Å². The first-order valence-corrected chi connectivity index (χ1v) is 4.30. The van der Waals surface area contributed by atoms with Gasteiger partial charge in [0.15, 0.2) is 0 Å². The van der Waals surface area contributed by atoms with Gasteiger partial charge in [-0.2, -0.15) is 0 Å². The first kappa shape index (κ1) is 31.0. The van der Waals surface area contributed by atoms with E-state index >= 15 is 0 Å². The number of rotatable bonds is 3. The molecule has 16 heavy (non-hydrogen) atoms. The average molecular weight is 298 g/mol. The smallest absolute Gasteiger partial charge is 0.142 e. The summed E-state index contributed by atoms with van der Waals surface area (Å²) in [4.78, 5) is 9.32. The molecule has 0 bridgehead atoms. The van der Waals surface area contributed by atoms with Crippen LogP contribution in [0.4, 0.5) is 0 Å². The second-order valence-corrected chi connectivity index (χ2v) is 2.10. The summed E-state index contributed by atoms with van der Waals surface area (Å²) in [5.74, 6) is 0. The van der Waals surface area contributed by atoms with Gasteiger partial charge in [-0.15, -0.1) is 0 Å². The van der Waals surface area contributed by atoms with E-state index in [4.69, 9.17) is 0 Å². The molecule has 1 nitrogen and oxygen atoms in total. The van der Waals surface area contributed by atoms with Crippen molar-refractivity contribution < 1.29 is 118 Å². The van der Waals surface area contributed by atoms with Crippen LogP contribution in [-0.2, 0) is 4.79 Å². The Hall–Kier alpha value is 2.41. The van der Waals surface area contributed by atoms with Crippen molar-refractivity contribution in [3.05, 3.63) is 48.6 Å². The molecule has 96 valence electrons. The standard InChI is InChI=1S/C8H12.C4H6O.3Ar/c1-3-5-7-8-6-4-2;1-2-3-4-5;;;/h3-8H,1-2H3;2-4H,1H3;;;/b5-3-,6-4-,8-7+;3-2-;;;. The molecule has 0 fully saturated rings. The second-order valence-electron chi connectivity index (χ2n) is 2.10. The Balaban J connectivity index is -0.0000000454. The fourth-order valence-corrected chi connectivity index (χ4v) is 0.429. The maximum absolute atomic E-state index is 9.32. The summed E-state index contributed by atoms with van der Waals surface area (Å²) >= 11 is 0. The molecule has 0 aliphatic rings. The molecule has 0 N–H and O–H groups in total. The second kappa shape index (κ2) is 36.0. The molecular weight excluding hydrogens is 280 g/mol. The normalized spacial score (nSPS) is 9.19. The molecular formula is C12H18Ar3O. The van der Waals surface area contributed by atoms with Gasteiger partial charge in [-0.1, -0.05) is 42.5 Å².